The summed E-state index contributed by atoms with van der Waals surface area (Å²) in [6, 6.07) is 7.66. The van der Waals surface area contributed by atoms with Gasteiger partial charge in [0.1, 0.15) is 0 Å². The Labute approximate surface area is 161 Å². The van der Waals surface area contributed by atoms with Crippen LogP contribution < -0.4 is 4.72 Å². The van der Waals surface area contributed by atoms with E-state index < -0.39 is 26.4 Å². The number of carbonyl (C=O) groups excluding carboxylic acids is 1. The fraction of sp³-hybridized carbons (Fsp3) is 0.278. The summed E-state index contributed by atoms with van der Waals surface area (Å²) < 4.78 is 28.0. The number of nitro benzene ring substituents is 1. The first-order valence-electron chi connectivity index (χ1n) is 8.60. The highest BCUT2D eigenvalue weighted by atomic mass is 32.2. The molecular weight excluding hydrogens is 386 g/mol. The van der Waals surface area contributed by atoms with Crippen LogP contribution in [0.1, 0.15) is 28.8 Å². The van der Waals surface area contributed by atoms with Crippen LogP contribution in [0.15, 0.2) is 41.3 Å². The maximum Gasteiger partial charge on any atom is 0.312 e. The van der Waals surface area contributed by atoms with Gasteiger partial charge in [0.15, 0.2) is 5.75 Å². The Hall–Kier alpha value is -3.14. The van der Waals surface area contributed by atoms with Gasteiger partial charge in [-0.25, -0.2) is 8.42 Å². The van der Waals surface area contributed by atoms with E-state index in [0.717, 1.165) is 31.0 Å². The fourth-order valence-corrected chi connectivity index (χ4v) is 4.25. The number of hydrogen-bond acceptors (Lipinski definition) is 6. The van der Waals surface area contributed by atoms with Crippen LogP contribution in [0, 0.1) is 17.0 Å². The van der Waals surface area contributed by atoms with E-state index >= 15 is 0 Å². The Morgan fingerprint density at radius 3 is 2.54 bits per heavy atom. The average Bonchev–Trinajstić information content (AvgIpc) is 3.17. The van der Waals surface area contributed by atoms with Crippen LogP contribution in [0.3, 0.4) is 0 Å². The molecule has 0 bridgehead atoms. The first-order chi connectivity index (χ1) is 13.2. The highest BCUT2D eigenvalue weighted by Gasteiger charge is 2.26. The maximum atomic E-state index is 12.8. The third kappa shape index (κ3) is 3.77. The van der Waals surface area contributed by atoms with Crippen molar-refractivity contribution in [1.82, 2.24) is 4.90 Å². The number of aryl methyl sites for hydroxylation is 1. The number of phenolic OH excluding ortho intramolecular Hbond substituents is 1. The molecule has 0 aliphatic carbocycles. The summed E-state index contributed by atoms with van der Waals surface area (Å²) in [5.41, 5.74) is 0.178. The van der Waals surface area contributed by atoms with Gasteiger partial charge in [-0.15, -0.1) is 0 Å². The van der Waals surface area contributed by atoms with E-state index in [0.29, 0.717) is 18.7 Å². The Morgan fingerprint density at radius 1 is 1.21 bits per heavy atom. The molecule has 1 aliphatic heterocycles. The molecule has 1 saturated heterocycles. The predicted octanol–water partition coefficient (Wildman–Crippen LogP) is 2.65. The van der Waals surface area contributed by atoms with Crippen molar-refractivity contribution < 1.29 is 23.2 Å². The molecule has 3 rings (SSSR count). The van der Waals surface area contributed by atoms with Crippen molar-refractivity contribution in [2.24, 2.45) is 0 Å². The predicted molar refractivity (Wildman–Crippen MR) is 102 cm³/mol. The molecule has 1 heterocycles. The van der Waals surface area contributed by atoms with Crippen molar-refractivity contribution >= 4 is 27.3 Å². The second kappa shape index (κ2) is 7.47. The number of phenols is 1. The lowest BCUT2D eigenvalue weighted by molar-refractivity contribution is -0.386. The summed E-state index contributed by atoms with van der Waals surface area (Å²) in [7, 11) is -4.22. The van der Waals surface area contributed by atoms with Gasteiger partial charge in [-0.2, -0.15) is 0 Å². The summed E-state index contributed by atoms with van der Waals surface area (Å²) in [5.74, 6) is -0.902. The highest BCUT2D eigenvalue weighted by molar-refractivity contribution is 7.92. The Balaban J connectivity index is 2.00. The summed E-state index contributed by atoms with van der Waals surface area (Å²) in [6.07, 6.45) is 1.80. The fourth-order valence-electron chi connectivity index (χ4n) is 3.08. The van der Waals surface area contributed by atoms with Crippen LogP contribution in [0.2, 0.25) is 0 Å². The number of para-hydroxylation sites is 1. The summed E-state index contributed by atoms with van der Waals surface area (Å²) in [6.45, 7) is 2.89. The van der Waals surface area contributed by atoms with Crippen molar-refractivity contribution in [1.29, 1.82) is 0 Å². The molecule has 148 valence electrons. The molecule has 1 aliphatic rings. The lowest BCUT2D eigenvalue weighted by Crippen LogP contribution is -2.29. The molecule has 0 saturated carbocycles. The van der Waals surface area contributed by atoms with E-state index in [4.69, 9.17) is 0 Å². The average molecular weight is 405 g/mol. The highest BCUT2D eigenvalue weighted by Crippen LogP contribution is 2.31. The standard InChI is InChI=1S/C18H19N3O6S/c1-12-5-4-6-14(18(23)20-9-2-3-10-20)17(12)19-28(26,27)13-7-8-16(22)15(11-13)21(24)25/h4-8,11,19,22H,2-3,9-10H2,1H3. The first kappa shape index (κ1) is 19.6. The minimum atomic E-state index is -4.22. The van der Waals surface area contributed by atoms with Crippen LogP contribution in [-0.4, -0.2) is 42.3 Å². The number of nitrogens with one attached hydrogen (secondary N) is 1. The Morgan fingerprint density at radius 2 is 1.89 bits per heavy atom. The van der Waals surface area contributed by atoms with E-state index in [-0.39, 0.29) is 22.1 Å². The van der Waals surface area contributed by atoms with Crippen molar-refractivity contribution in [3.8, 4) is 5.75 Å². The molecule has 1 amide bonds. The zero-order chi connectivity index (χ0) is 20.5. The molecule has 0 radical (unpaired) electrons. The van der Waals surface area contributed by atoms with Gasteiger partial charge in [0.2, 0.25) is 0 Å². The van der Waals surface area contributed by atoms with Crippen LogP contribution in [0.25, 0.3) is 0 Å². The number of nitro groups is 1. The van der Waals surface area contributed by atoms with Crippen molar-refractivity contribution in [2.45, 2.75) is 24.7 Å². The zero-order valence-corrected chi connectivity index (χ0v) is 15.9. The van der Waals surface area contributed by atoms with E-state index in [1.165, 1.54) is 0 Å². The second-order valence-electron chi connectivity index (χ2n) is 6.51. The number of amides is 1. The number of carbonyl (C=O) groups is 1. The second-order valence-corrected chi connectivity index (χ2v) is 8.19. The third-order valence-corrected chi connectivity index (χ3v) is 5.93. The number of benzene rings is 2. The molecule has 9 nitrogen and oxygen atoms in total. The van der Waals surface area contributed by atoms with Crippen molar-refractivity contribution in [3.63, 3.8) is 0 Å². The van der Waals surface area contributed by atoms with Gasteiger partial charge in [0, 0.05) is 19.2 Å². The molecule has 0 atom stereocenters. The van der Waals surface area contributed by atoms with Crippen LogP contribution >= 0.6 is 0 Å². The zero-order valence-electron chi connectivity index (χ0n) is 15.1. The molecule has 2 aromatic rings. The quantitative estimate of drug-likeness (QED) is 0.581. The first-order valence-corrected chi connectivity index (χ1v) is 10.1. The normalized spacial score (nSPS) is 14.1. The topological polar surface area (TPSA) is 130 Å². The van der Waals surface area contributed by atoms with Gasteiger partial charge >= 0.3 is 5.69 Å². The van der Waals surface area contributed by atoms with E-state index in [2.05, 4.69) is 4.72 Å². The van der Waals surface area contributed by atoms with Crippen LogP contribution in [-0.2, 0) is 10.0 Å². The molecule has 0 unspecified atom stereocenters. The molecule has 2 aromatic carbocycles. The van der Waals surface area contributed by atoms with Gasteiger partial charge < -0.3 is 10.0 Å². The lowest BCUT2D eigenvalue weighted by Gasteiger charge is -2.19. The molecule has 28 heavy (non-hydrogen) atoms. The summed E-state index contributed by atoms with van der Waals surface area (Å²) in [4.78, 5) is 24.2. The Kier molecular flexibility index (Phi) is 5.23. The van der Waals surface area contributed by atoms with Gasteiger partial charge in [0.05, 0.1) is 21.1 Å². The number of aromatic hydroxyl groups is 1. The summed E-state index contributed by atoms with van der Waals surface area (Å²) in [5, 5.41) is 20.5. The number of likely N-dealkylation sites (tertiary alicyclic amines) is 1. The number of anilines is 1. The van der Waals surface area contributed by atoms with E-state index in [1.807, 2.05) is 0 Å². The smallest absolute Gasteiger partial charge is 0.312 e. The van der Waals surface area contributed by atoms with Gasteiger partial charge in [-0.1, -0.05) is 12.1 Å². The monoisotopic (exact) mass is 405 g/mol. The van der Waals surface area contributed by atoms with Gasteiger partial charge in [0.25, 0.3) is 15.9 Å². The Bertz CT molecular complexity index is 1050. The third-order valence-electron chi connectivity index (χ3n) is 4.59. The molecule has 1 fully saturated rings. The number of nitrogens with zero attached hydrogens (tertiary/aromatic N) is 2. The van der Waals surface area contributed by atoms with Crippen molar-refractivity contribution in [2.75, 3.05) is 17.8 Å². The molecule has 10 heteroatoms. The summed E-state index contributed by atoms with van der Waals surface area (Å²) >= 11 is 0. The van der Waals surface area contributed by atoms with Gasteiger partial charge in [-0.3, -0.25) is 19.6 Å². The van der Waals surface area contributed by atoms with E-state index in [1.54, 1.807) is 30.0 Å². The van der Waals surface area contributed by atoms with Crippen molar-refractivity contribution in [3.05, 3.63) is 57.6 Å². The SMILES string of the molecule is Cc1cccc(C(=O)N2CCCC2)c1NS(=O)(=O)c1ccc(O)c([N+](=O)[O-])c1. The van der Waals surface area contributed by atoms with E-state index in [9.17, 15) is 28.4 Å². The largest absolute Gasteiger partial charge is 0.502 e. The molecule has 0 spiro atoms. The lowest BCUT2D eigenvalue weighted by atomic mass is 10.1. The number of hydrogen-bond donors (Lipinski definition) is 2. The molecule has 2 N–H and O–H groups in total. The number of sulfonamides is 1. The maximum absolute atomic E-state index is 12.8. The van der Waals surface area contributed by atoms with Gasteiger partial charge in [-0.05, 0) is 43.5 Å². The minimum absolute atomic E-state index is 0.134. The molecule has 0 aromatic heterocycles. The van der Waals surface area contributed by atoms with Crippen LogP contribution in [0.5, 0.6) is 5.75 Å². The minimum Gasteiger partial charge on any atom is -0.502 e. The van der Waals surface area contributed by atoms with Crippen LogP contribution in [0.4, 0.5) is 11.4 Å². The molecular formula is C18H19N3O6S. The number of rotatable bonds is 5.